The Morgan fingerprint density at radius 2 is 2.05 bits per heavy atom. The van der Waals surface area contributed by atoms with Crippen molar-refractivity contribution >= 4 is 21.7 Å². The molecule has 0 fully saturated rings. The Kier molecular flexibility index (Phi) is 5.39. The molecule has 2 aromatic rings. The fraction of sp³-hybridized carbons (Fsp3) is 0.438. The molecule has 2 N–H and O–H groups in total. The number of imidazole rings is 1. The number of aryl methyl sites for hydroxylation is 1. The highest BCUT2D eigenvalue weighted by atomic mass is 79.9. The standard InChI is InChI=1S/C16H21BrFN3/c1-3-5-9-21-14(6-4-2)20-15(16(21)19)11-7-8-12(17)13(18)10-11/h7-8,10H,3-6,9,19H2,1-2H3. The topological polar surface area (TPSA) is 43.8 Å². The Bertz CT molecular complexity index is 622. The van der Waals surface area contributed by atoms with Gasteiger partial charge in [0.15, 0.2) is 0 Å². The summed E-state index contributed by atoms with van der Waals surface area (Å²) in [5.41, 5.74) is 7.67. The summed E-state index contributed by atoms with van der Waals surface area (Å²) in [6.07, 6.45) is 4.06. The Balaban J connectivity index is 2.45. The smallest absolute Gasteiger partial charge is 0.138 e. The largest absolute Gasteiger partial charge is 0.383 e. The van der Waals surface area contributed by atoms with Gasteiger partial charge in [-0.15, -0.1) is 0 Å². The summed E-state index contributed by atoms with van der Waals surface area (Å²) >= 11 is 3.17. The van der Waals surface area contributed by atoms with Crippen molar-refractivity contribution in [3.05, 3.63) is 34.3 Å². The predicted octanol–water partition coefficient (Wildman–Crippen LogP) is 4.79. The summed E-state index contributed by atoms with van der Waals surface area (Å²) in [4.78, 5) is 4.65. The lowest BCUT2D eigenvalue weighted by Crippen LogP contribution is -2.07. The first-order valence-corrected chi connectivity index (χ1v) is 8.18. The molecule has 2 rings (SSSR count). The molecule has 0 amide bonds. The van der Waals surface area contributed by atoms with Gasteiger partial charge in [-0.25, -0.2) is 9.37 Å². The molecule has 0 saturated carbocycles. The average Bonchev–Trinajstić information content (AvgIpc) is 2.77. The minimum absolute atomic E-state index is 0.299. The molecule has 114 valence electrons. The summed E-state index contributed by atoms with van der Waals surface area (Å²) in [6, 6.07) is 5.00. The van der Waals surface area contributed by atoms with Crippen LogP contribution in [0, 0.1) is 5.82 Å². The van der Waals surface area contributed by atoms with Gasteiger partial charge in [-0.05, 0) is 40.9 Å². The fourth-order valence-electron chi connectivity index (χ4n) is 2.35. The number of benzene rings is 1. The van der Waals surface area contributed by atoms with E-state index in [4.69, 9.17) is 5.73 Å². The van der Waals surface area contributed by atoms with Gasteiger partial charge in [0.2, 0.25) is 0 Å². The minimum atomic E-state index is -0.299. The third-order valence-electron chi connectivity index (χ3n) is 3.49. The quantitative estimate of drug-likeness (QED) is 0.811. The molecule has 0 spiro atoms. The van der Waals surface area contributed by atoms with E-state index in [2.05, 4.69) is 39.3 Å². The van der Waals surface area contributed by atoms with Gasteiger partial charge in [-0.3, -0.25) is 0 Å². The monoisotopic (exact) mass is 353 g/mol. The molecule has 1 heterocycles. The van der Waals surface area contributed by atoms with Crippen LogP contribution in [0.1, 0.15) is 38.9 Å². The first-order valence-electron chi connectivity index (χ1n) is 7.38. The van der Waals surface area contributed by atoms with Crippen LogP contribution in [0.3, 0.4) is 0 Å². The maximum Gasteiger partial charge on any atom is 0.138 e. The Hall–Kier alpha value is -1.36. The highest BCUT2D eigenvalue weighted by Gasteiger charge is 2.16. The highest BCUT2D eigenvalue weighted by molar-refractivity contribution is 9.10. The molecule has 0 radical (unpaired) electrons. The normalized spacial score (nSPS) is 11.0. The van der Waals surface area contributed by atoms with Crippen molar-refractivity contribution in [2.24, 2.45) is 0 Å². The molecule has 0 aliphatic heterocycles. The Labute approximate surface area is 133 Å². The van der Waals surface area contributed by atoms with E-state index in [0.717, 1.165) is 43.6 Å². The van der Waals surface area contributed by atoms with Crippen molar-refractivity contribution in [1.82, 2.24) is 9.55 Å². The van der Waals surface area contributed by atoms with E-state index in [1.807, 2.05) is 6.07 Å². The highest BCUT2D eigenvalue weighted by Crippen LogP contribution is 2.29. The van der Waals surface area contributed by atoms with Crippen LogP contribution in [0.4, 0.5) is 10.2 Å². The third-order valence-corrected chi connectivity index (χ3v) is 4.13. The van der Waals surface area contributed by atoms with E-state index in [0.29, 0.717) is 16.0 Å². The number of rotatable bonds is 6. The number of unbranched alkanes of at least 4 members (excludes halogenated alkanes) is 1. The molecule has 1 aromatic heterocycles. The zero-order valence-electron chi connectivity index (χ0n) is 12.5. The number of hydrogen-bond acceptors (Lipinski definition) is 2. The first kappa shape index (κ1) is 16.0. The van der Waals surface area contributed by atoms with E-state index in [1.165, 1.54) is 6.07 Å². The van der Waals surface area contributed by atoms with Gasteiger partial charge in [0, 0.05) is 18.5 Å². The molecule has 0 unspecified atom stereocenters. The fourth-order valence-corrected chi connectivity index (χ4v) is 2.60. The third kappa shape index (κ3) is 3.46. The predicted molar refractivity (Wildman–Crippen MR) is 88.6 cm³/mol. The molecule has 0 atom stereocenters. The minimum Gasteiger partial charge on any atom is -0.383 e. The second kappa shape index (κ2) is 7.07. The summed E-state index contributed by atoms with van der Waals surface area (Å²) in [7, 11) is 0. The van der Waals surface area contributed by atoms with Crippen LogP contribution in [0.15, 0.2) is 22.7 Å². The van der Waals surface area contributed by atoms with Crippen LogP contribution in [0.5, 0.6) is 0 Å². The van der Waals surface area contributed by atoms with Crippen molar-refractivity contribution in [3.8, 4) is 11.3 Å². The number of hydrogen-bond donors (Lipinski definition) is 1. The Morgan fingerprint density at radius 1 is 1.29 bits per heavy atom. The van der Waals surface area contributed by atoms with E-state index in [-0.39, 0.29) is 5.82 Å². The molecule has 0 aliphatic rings. The number of halogens is 2. The lowest BCUT2D eigenvalue weighted by atomic mass is 10.1. The summed E-state index contributed by atoms with van der Waals surface area (Å²) < 4.78 is 16.3. The maximum atomic E-state index is 13.7. The SMILES string of the molecule is CCCCn1c(CCC)nc(-c2ccc(Br)c(F)c2)c1N. The van der Waals surface area contributed by atoms with Gasteiger partial charge in [0.25, 0.3) is 0 Å². The number of aromatic nitrogens is 2. The lowest BCUT2D eigenvalue weighted by molar-refractivity contribution is 0.604. The Morgan fingerprint density at radius 3 is 2.67 bits per heavy atom. The molecule has 3 nitrogen and oxygen atoms in total. The molecule has 21 heavy (non-hydrogen) atoms. The summed E-state index contributed by atoms with van der Waals surface area (Å²) in [5.74, 6) is 1.32. The van der Waals surface area contributed by atoms with Gasteiger partial charge in [-0.2, -0.15) is 0 Å². The van der Waals surface area contributed by atoms with Crippen LogP contribution in [-0.2, 0) is 13.0 Å². The number of nitrogens with two attached hydrogens (primary N) is 1. The molecular formula is C16H21BrFN3. The molecule has 0 aliphatic carbocycles. The molecule has 1 aromatic carbocycles. The second-order valence-electron chi connectivity index (χ2n) is 5.15. The van der Waals surface area contributed by atoms with E-state index >= 15 is 0 Å². The molecule has 5 heteroatoms. The van der Waals surface area contributed by atoms with E-state index < -0.39 is 0 Å². The van der Waals surface area contributed by atoms with E-state index in [1.54, 1.807) is 6.07 Å². The summed E-state index contributed by atoms with van der Waals surface area (Å²) in [5, 5.41) is 0. The first-order chi connectivity index (χ1) is 10.1. The second-order valence-corrected chi connectivity index (χ2v) is 6.00. The van der Waals surface area contributed by atoms with Gasteiger partial charge in [0.05, 0.1) is 4.47 Å². The van der Waals surface area contributed by atoms with Crippen LogP contribution in [0.2, 0.25) is 0 Å². The van der Waals surface area contributed by atoms with Crippen molar-refractivity contribution in [3.63, 3.8) is 0 Å². The van der Waals surface area contributed by atoms with Crippen molar-refractivity contribution in [2.75, 3.05) is 5.73 Å². The average molecular weight is 354 g/mol. The van der Waals surface area contributed by atoms with E-state index in [9.17, 15) is 4.39 Å². The van der Waals surface area contributed by atoms with Crippen molar-refractivity contribution in [1.29, 1.82) is 0 Å². The van der Waals surface area contributed by atoms with Crippen molar-refractivity contribution in [2.45, 2.75) is 46.1 Å². The zero-order valence-corrected chi connectivity index (χ0v) is 14.1. The van der Waals surface area contributed by atoms with Crippen LogP contribution >= 0.6 is 15.9 Å². The number of nitrogens with zero attached hydrogens (tertiary/aromatic N) is 2. The lowest BCUT2D eigenvalue weighted by Gasteiger charge is -2.08. The molecule has 0 bridgehead atoms. The van der Waals surface area contributed by atoms with Gasteiger partial charge >= 0.3 is 0 Å². The van der Waals surface area contributed by atoms with Crippen LogP contribution < -0.4 is 5.73 Å². The van der Waals surface area contributed by atoms with Gasteiger partial charge in [-0.1, -0.05) is 26.3 Å². The number of anilines is 1. The molecule has 0 saturated heterocycles. The molecular weight excluding hydrogens is 333 g/mol. The van der Waals surface area contributed by atoms with Gasteiger partial charge in [0.1, 0.15) is 23.2 Å². The maximum absolute atomic E-state index is 13.7. The summed E-state index contributed by atoms with van der Waals surface area (Å²) in [6.45, 7) is 5.13. The number of nitrogen functional groups attached to an aromatic ring is 1. The van der Waals surface area contributed by atoms with Gasteiger partial charge < -0.3 is 10.3 Å². The van der Waals surface area contributed by atoms with Crippen LogP contribution in [0.25, 0.3) is 11.3 Å². The van der Waals surface area contributed by atoms with Crippen LogP contribution in [-0.4, -0.2) is 9.55 Å². The van der Waals surface area contributed by atoms with Crippen molar-refractivity contribution < 1.29 is 4.39 Å². The zero-order chi connectivity index (χ0) is 15.4.